The van der Waals surface area contributed by atoms with Crippen molar-refractivity contribution in [3.8, 4) is 0 Å². The summed E-state index contributed by atoms with van der Waals surface area (Å²) in [5.74, 6) is 0.416. The highest BCUT2D eigenvalue weighted by molar-refractivity contribution is 9.10. The average Bonchev–Trinajstić information content (AvgIpc) is 3.28. The number of carbonyl (C=O) groups excluding carboxylic acids is 1. The van der Waals surface area contributed by atoms with Crippen molar-refractivity contribution in [2.45, 2.75) is 44.6 Å². The van der Waals surface area contributed by atoms with Crippen LogP contribution in [0.2, 0.25) is 0 Å². The highest BCUT2D eigenvalue weighted by Gasteiger charge is 2.37. The summed E-state index contributed by atoms with van der Waals surface area (Å²) >= 11 is 3.27. The number of carbonyl (C=O) groups is 1. The summed E-state index contributed by atoms with van der Waals surface area (Å²) in [7, 11) is 0. The molecule has 1 aromatic heterocycles. The van der Waals surface area contributed by atoms with E-state index in [0.717, 1.165) is 19.8 Å². The normalized spacial score (nSPS) is 16.0. The number of hydrogen-bond acceptors (Lipinski definition) is 4. The number of ether oxygens (including phenoxy) is 1. The van der Waals surface area contributed by atoms with Crippen LogP contribution >= 0.6 is 15.9 Å². The van der Waals surface area contributed by atoms with Crippen LogP contribution in [0.4, 0.5) is 13.2 Å². The van der Waals surface area contributed by atoms with Crippen LogP contribution in [0.3, 0.4) is 0 Å². The monoisotopic (exact) mass is 417 g/mol. The number of alkyl halides is 3. The van der Waals surface area contributed by atoms with E-state index < -0.39 is 12.3 Å². The molecule has 0 radical (unpaired) electrons. The summed E-state index contributed by atoms with van der Waals surface area (Å²) in [6.07, 6.45) is -3.14. The van der Waals surface area contributed by atoms with Crippen LogP contribution in [0.1, 0.15) is 52.9 Å². The second kappa shape index (κ2) is 6.92. The molecule has 1 unspecified atom stereocenters. The maximum absolute atomic E-state index is 12.8. The molecule has 134 valence electrons. The van der Waals surface area contributed by atoms with Gasteiger partial charge < -0.3 is 9.26 Å². The number of hydrogen-bond donors (Lipinski definition) is 0. The first kappa shape index (κ1) is 18.1. The third-order valence-corrected chi connectivity index (χ3v) is 4.55. The molecule has 0 aliphatic heterocycles. The fraction of sp³-hybridized carbons (Fsp3) is 0.412. The Morgan fingerprint density at radius 1 is 1.40 bits per heavy atom. The van der Waals surface area contributed by atoms with Gasteiger partial charge in [0.05, 0.1) is 18.4 Å². The molecule has 1 aliphatic rings. The van der Waals surface area contributed by atoms with Gasteiger partial charge in [-0.25, -0.2) is 0 Å². The first-order valence-electron chi connectivity index (χ1n) is 7.73. The Balaban J connectivity index is 1.86. The number of aromatic nitrogens is 1. The molecule has 0 bridgehead atoms. The largest absolute Gasteiger partial charge is 0.414 e. The highest BCUT2D eigenvalue weighted by Crippen LogP contribution is 2.42. The van der Waals surface area contributed by atoms with Crippen LogP contribution in [-0.2, 0) is 11.3 Å². The topological polar surface area (TPSA) is 52.3 Å². The fourth-order valence-electron chi connectivity index (χ4n) is 2.42. The van der Waals surface area contributed by atoms with E-state index in [1.165, 1.54) is 6.20 Å². The second-order valence-electron chi connectivity index (χ2n) is 6.00. The molecule has 1 heterocycles. The minimum absolute atomic E-state index is 0.196. The zero-order valence-electron chi connectivity index (χ0n) is 13.3. The molecule has 1 aliphatic carbocycles. The van der Waals surface area contributed by atoms with E-state index in [-0.39, 0.29) is 23.9 Å². The molecular formula is C17H15BrF3NO3. The van der Waals surface area contributed by atoms with E-state index in [4.69, 9.17) is 9.26 Å². The van der Waals surface area contributed by atoms with E-state index in [2.05, 4.69) is 21.1 Å². The molecule has 1 fully saturated rings. The van der Waals surface area contributed by atoms with Crippen molar-refractivity contribution in [2.75, 3.05) is 0 Å². The van der Waals surface area contributed by atoms with Crippen LogP contribution in [0, 0.1) is 0 Å². The molecule has 25 heavy (non-hydrogen) atoms. The lowest BCUT2D eigenvalue weighted by molar-refractivity contribution is -0.217. The Kier molecular flexibility index (Phi) is 5.02. The average molecular weight is 418 g/mol. The molecular weight excluding hydrogens is 403 g/mol. The molecule has 0 saturated heterocycles. The van der Waals surface area contributed by atoms with Gasteiger partial charge in [-0.05, 0) is 43.5 Å². The molecule has 1 aromatic carbocycles. The fourth-order valence-corrected chi connectivity index (χ4v) is 2.83. The summed E-state index contributed by atoms with van der Waals surface area (Å²) in [6, 6.07) is 4.81. The van der Waals surface area contributed by atoms with Crippen LogP contribution < -0.4 is 0 Å². The number of benzene rings is 1. The van der Waals surface area contributed by atoms with Gasteiger partial charge >= 0.3 is 6.18 Å². The van der Waals surface area contributed by atoms with Gasteiger partial charge in [0.2, 0.25) is 0 Å². The smallest absolute Gasteiger partial charge is 0.364 e. The number of rotatable bonds is 6. The van der Waals surface area contributed by atoms with Gasteiger partial charge in [0.15, 0.2) is 17.6 Å². The SMILES string of the molecule is CC(OCc1cc(Br)ccc1C(=O)c1cnoc1C1CC1)C(F)(F)F. The zero-order chi connectivity index (χ0) is 18.2. The van der Waals surface area contributed by atoms with Gasteiger partial charge in [-0.1, -0.05) is 21.1 Å². The van der Waals surface area contributed by atoms with Crippen molar-refractivity contribution in [2.24, 2.45) is 0 Å². The lowest BCUT2D eigenvalue weighted by Crippen LogP contribution is -2.28. The summed E-state index contributed by atoms with van der Waals surface area (Å²) < 4.78 is 48.7. The predicted molar refractivity (Wildman–Crippen MR) is 86.4 cm³/mol. The molecule has 3 rings (SSSR count). The first-order valence-corrected chi connectivity index (χ1v) is 8.52. The van der Waals surface area contributed by atoms with E-state index in [0.29, 0.717) is 21.4 Å². The maximum atomic E-state index is 12.8. The highest BCUT2D eigenvalue weighted by atomic mass is 79.9. The maximum Gasteiger partial charge on any atom is 0.414 e. The van der Waals surface area contributed by atoms with Crippen LogP contribution in [0.15, 0.2) is 33.4 Å². The van der Waals surface area contributed by atoms with Crippen LogP contribution in [0.5, 0.6) is 0 Å². The Morgan fingerprint density at radius 3 is 2.76 bits per heavy atom. The Bertz CT molecular complexity index is 784. The van der Waals surface area contributed by atoms with Crippen molar-refractivity contribution < 1.29 is 27.2 Å². The molecule has 8 heteroatoms. The summed E-state index contributed by atoms with van der Waals surface area (Å²) in [5.41, 5.74) is 1.01. The zero-order valence-corrected chi connectivity index (χ0v) is 14.9. The Labute approximate surface area is 150 Å². The molecule has 0 amide bonds. The molecule has 2 aromatic rings. The van der Waals surface area contributed by atoms with Crippen LogP contribution in [-0.4, -0.2) is 23.2 Å². The lowest BCUT2D eigenvalue weighted by Gasteiger charge is -2.17. The molecule has 4 nitrogen and oxygen atoms in total. The van der Waals surface area contributed by atoms with Gasteiger partial charge in [-0.2, -0.15) is 13.2 Å². The van der Waals surface area contributed by atoms with Gasteiger partial charge in [-0.15, -0.1) is 0 Å². The minimum Gasteiger partial charge on any atom is -0.364 e. The molecule has 1 saturated carbocycles. The van der Waals surface area contributed by atoms with Gasteiger partial charge in [0.1, 0.15) is 0 Å². The number of halogens is 4. The van der Waals surface area contributed by atoms with E-state index in [1.54, 1.807) is 18.2 Å². The van der Waals surface area contributed by atoms with Gasteiger partial charge in [0.25, 0.3) is 0 Å². The van der Waals surface area contributed by atoms with Gasteiger partial charge in [0, 0.05) is 16.0 Å². The van der Waals surface area contributed by atoms with Crippen LogP contribution in [0.25, 0.3) is 0 Å². The summed E-state index contributed by atoms with van der Waals surface area (Å²) in [6.45, 7) is 0.607. The minimum atomic E-state index is -4.45. The number of nitrogens with zero attached hydrogens (tertiary/aromatic N) is 1. The van der Waals surface area contributed by atoms with E-state index >= 15 is 0 Å². The lowest BCUT2D eigenvalue weighted by atomic mass is 9.98. The van der Waals surface area contributed by atoms with Crippen molar-refractivity contribution >= 4 is 21.7 Å². The van der Waals surface area contributed by atoms with Crippen molar-refractivity contribution in [3.05, 3.63) is 51.3 Å². The third-order valence-electron chi connectivity index (χ3n) is 4.05. The Morgan fingerprint density at radius 2 is 2.12 bits per heavy atom. The summed E-state index contributed by atoms with van der Waals surface area (Å²) in [5, 5.41) is 3.70. The van der Waals surface area contributed by atoms with Crippen molar-refractivity contribution in [1.29, 1.82) is 0 Å². The third kappa shape index (κ3) is 4.12. The number of ketones is 1. The molecule has 0 N–H and O–H groups in total. The predicted octanol–water partition coefficient (Wildman–Crippen LogP) is 5.01. The van der Waals surface area contributed by atoms with Crippen molar-refractivity contribution in [1.82, 2.24) is 5.16 Å². The molecule has 0 spiro atoms. The van der Waals surface area contributed by atoms with Gasteiger partial charge in [-0.3, -0.25) is 4.79 Å². The summed E-state index contributed by atoms with van der Waals surface area (Å²) in [4.78, 5) is 12.8. The van der Waals surface area contributed by atoms with Crippen molar-refractivity contribution in [3.63, 3.8) is 0 Å². The first-order chi connectivity index (χ1) is 11.8. The van der Waals surface area contributed by atoms with E-state index in [9.17, 15) is 18.0 Å². The standard InChI is InChI=1S/C17H15BrF3NO3/c1-9(17(19,20)21)24-8-11-6-12(18)4-5-13(11)15(23)14-7-22-25-16(14)10-2-3-10/h4-7,9-10H,2-3,8H2,1H3. The Hall–Kier alpha value is -1.67. The molecule has 1 atom stereocenters. The van der Waals surface area contributed by atoms with E-state index in [1.807, 2.05) is 0 Å². The quantitative estimate of drug-likeness (QED) is 0.619. The second-order valence-corrected chi connectivity index (χ2v) is 6.92.